The van der Waals surface area contributed by atoms with Crippen molar-refractivity contribution in [2.24, 2.45) is 4.99 Å². The highest BCUT2D eigenvalue weighted by Gasteiger charge is 2.14. The molecule has 2 rings (SSSR count). The molecule has 7 heteroatoms. The zero-order valence-corrected chi connectivity index (χ0v) is 18.3. The third-order valence-corrected chi connectivity index (χ3v) is 6.60. The van der Waals surface area contributed by atoms with E-state index in [0.717, 1.165) is 19.5 Å². The highest BCUT2D eigenvalue weighted by atomic mass is 32.2. The number of hydrogen-bond acceptors (Lipinski definition) is 4. The summed E-state index contributed by atoms with van der Waals surface area (Å²) in [5.41, 5.74) is 1.30. The Morgan fingerprint density at radius 1 is 1.00 bits per heavy atom. The number of rotatable bonds is 10. The second kappa shape index (κ2) is 11.6. The molecule has 2 N–H and O–H groups in total. The second-order valence-electron chi connectivity index (χ2n) is 7.10. The van der Waals surface area contributed by atoms with Gasteiger partial charge < -0.3 is 10.6 Å². The molecule has 0 radical (unpaired) electrons. The van der Waals surface area contributed by atoms with E-state index in [1.807, 2.05) is 6.07 Å². The first kappa shape index (κ1) is 22.9. The van der Waals surface area contributed by atoms with Gasteiger partial charge in [0, 0.05) is 32.7 Å². The predicted molar refractivity (Wildman–Crippen MR) is 120 cm³/mol. The fraction of sp³-hybridized carbons (Fsp3) is 0.409. The number of nitrogens with one attached hydrogen (secondary N) is 2. The molecular weight excluding hydrogens is 384 g/mol. The van der Waals surface area contributed by atoms with Crippen LogP contribution in [-0.4, -0.2) is 58.3 Å². The van der Waals surface area contributed by atoms with Crippen LogP contribution in [-0.2, 0) is 16.4 Å². The molecule has 1 unspecified atom stereocenters. The van der Waals surface area contributed by atoms with E-state index in [2.05, 4.69) is 58.8 Å². The van der Waals surface area contributed by atoms with Crippen molar-refractivity contribution in [2.75, 3.05) is 32.9 Å². The Morgan fingerprint density at radius 3 is 2.21 bits per heavy atom. The van der Waals surface area contributed by atoms with Gasteiger partial charge in [-0.2, -0.15) is 0 Å². The van der Waals surface area contributed by atoms with E-state index in [1.54, 1.807) is 37.4 Å². The summed E-state index contributed by atoms with van der Waals surface area (Å²) in [5, 5.41) is 6.35. The Labute approximate surface area is 175 Å². The van der Waals surface area contributed by atoms with Gasteiger partial charge in [0.15, 0.2) is 15.8 Å². The molecule has 2 aromatic rings. The van der Waals surface area contributed by atoms with Gasteiger partial charge in [0.25, 0.3) is 0 Å². The summed E-state index contributed by atoms with van der Waals surface area (Å²) in [6.45, 7) is 4.17. The molecule has 0 aliphatic rings. The van der Waals surface area contributed by atoms with Crippen molar-refractivity contribution in [1.29, 1.82) is 0 Å². The minimum absolute atomic E-state index is 0.0218. The van der Waals surface area contributed by atoms with Crippen LogP contribution in [0.2, 0.25) is 0 Å². The zero-order chi connectivity index (χ0) is 21.1. The van der Waals surface area contributed by atoms with Crippen LogP contribution in [0, 0.1) is 0 Å². The van der Waals surface area contributed by atoms with Crippen LogP contribution in [0.5, 0.6) is 0 Å². The fourth-order valence-electron chi connectivity index (χ4n) is 2.92. The first-order chi connectivity index (χ1) is 13.9. The number of aliphatic imine (C=N–C) groups is 1. The molecular formula is C22H32N4O2S. The lowest BCUT2D eigenvalue weighted by Crippen LogP contribution is -2.41. The Balaban J connectivity index is 1.70. The first-order valence-electron chi connectivity index (χ1n) is 9.89. The van der Waals surface area contributed by atoms with Crippen LogP contribution in [0.3, 0.4) is 0 Å². The first-order valence-corrected chi connectivity index (χ1v) is 11.5. The third-order valence-electron chi connectivity index (χ3n) is 4.87. The quantitative estimate of drug-likeness (QED) is 0.460. The van der Waals surface area contributed by atoms with Crippen LogP contribution in [0.15, 0.2) is 70.6 Å². The molecule has 2 aromatic carbocycles. The van der Waals surface area contributed by atoms with Gasteiger partial charge in [-0.25, -0.2) is 8.42 Å². The van der Waals surface area contributed by atoms with Crippen molar-refractivity contribution < 1.29 is 8.42 Å². The summed E-state index contributed by atoms with van der Waals surface area (Å²) in [5.74, 6) is 0.639. The van der Waals surface area contributed by atoms with Crippen molar-refractivity contribution in [1.82, 2.24) is 15.5 Å². The maximum atomic E-state index is 12.3. The smallest absolute Gasteiger partial charge is 0.191 e. The number of nitrogens with zero attached hydrogens (tertiary/aromatic N) is 2. The molecule has 0 saturated carbocycles. The van der Waals surface area contributed by atoms with Gasteiger partial charge in [-0.3, -0.25) is 9.89 Å². The largest absolute Gasteiger partial charge is 0.356 e. The van der Waals surface area contributed by atoms with Crippen molar-refractivity contribution in [2.45, 2.75) is 30.8 Å². The molecule has 0 fully saturated rings. The van der Waals surface area contributed by atoms with Gasteiger partial charge in [0.05, 0.1) is 10.6 Å². The van der Waals surface area contributed by atoms with Gasteiger partial charge in [-0.15, -0.1) is 0 Å². The summed E-state index contributed by atoms with van der Waals surface area (Å²) in [6.07, 6.45) is 0.951. The van der Waals surface area contributed by atoms with E-state index in [0.29, 0.717) is 23.4 Å². The van der Waals surface area contributed by atoms with Gasteiger partial charge in [-0.1, -0.05) is 48.5 Å². The maximum Gasteiger partial charge on any atom is 0.191 e. The van der Waals surface area contributed by atoms with E-state index >= 15 is 0 Å². The van der Waals surface area contributed by atoms with E-state index in [1.165, 1.54) is 5.56 Å². The lowest BCUT2D eigenvalue weighted by molar-refractivity contribution is 0.238. The second-order valence-corrected chi connectivity index (χ2v) is 9.21. The lowest BCUT2D eigenvalue weighted by atomic mass is 10.1. The van der Waals surface area contributed by atoms with Crippen molar-refractivity contribution >= 4 is 15.8 Å². The molecule has 1 atom stereocenters. The van der Waals surface area contributed by atoms with Gasteiger partial charge in [-0.05, 0) is 38.1 Å². The minimum Gasteiger partial charge on any atom is -0.356 e. The maximum absolute atomic E-state index is 12.3. The van der Waals surface area contributed by atoms with Crippen LogP contribution < -0.4 is 10.6 Å². The Hall–Kier alpha value is -2.38. The van der Waals surface area contributed by atoms with Crippen LogP contribution in [0.25, 0.3) is 0 Å². The number of guanidine groups is 1. The summed E-state index contributed by atoms with van der Waals surface area (Å²) in [6, 6.07) is 19.3. The SMILES string of the molecule is CN=C(NCCC(C)N(C)Cc1ccccc1)NCCS(=O)(=O)c1ccccc1. The summed E-state index contributed by atoms with van der Waals surface area (Å²) in [7, 11) is 0.520. The molecule has 0 aromatic heterocycles. The molecule has 158 valence electrons. The minimum atomic E-state index is -3.29. The van der Waals surface area contributed by atoms with Gasteiger partial charge in [0.1, 0.15) is 0 Å². The molecule has 0 spiro atoms. The zero-order valence-electron chi connectivity index (χ0n) is 17.5. The monoisotopic (exact) mass is 416 g/mol. The highest BCUT2D eigenvalue weighted by Crippen LogP contribution is 2.09. The Kier molecular flexibility index (Phi) is 9.15. The summed E-state index contributed by atoms with van der Waals surface area (Å²) >= 11 is 0. The molecule has 6 nitrogen and oxygen atoms in total. The van der Waals surface area contributed by atoms with E-state index in [4.69, 9.17) is 0 Å². The van der Waals surface area contributed by atoms with Crippen molar-refractivity contribution in [3.63, 3.8) is 0 Å². The average molecular weight is 417 g/mol. The molecule has 0 saturated heterocycles. The predicted octanol–water partition coefficient (Wildman–Crippen LogP) is 2.54. The summed E-state index contributed by atoms with van der Waals surface area (Å²) in [4.78, 5) is 6.84. The molecule has 0 heterocycles. The fourth-order valence-corrected chi connectivity index (χ4v) is 4.10. The number of benzene rings is 2. The summed E-state index contributed by atoms with van der Waals surface area (Å²) < 4.78 is 24.6. The highest BCUT2D eigenvalue weighted by molar-refractivity contribution is 7.91. The van der Waals surface area contributed by atoms with E-state index < -0.39 is 9.84 Å². The Bertz CT molecular complexity index is 855. The number of hydrogen-bond donors (Lipinski definition) is 2. The lowest BCUT2D eigenvalue weighted by Gasteiger charge is -2.25. The average Bonchev–Trinajstić information content (AvgIpc) is 2.73. The van der Waals surface area contributed by atoms with Crippen molar-refractivity contribution in [3.05, 3.63) is 66.2 Å². The van der Waals surface area contributed by atoms with Crippen LogP contribution >= 0.6 is 0 Å². The topological polar surface area (TPSA) is 73.8 Å². The van der Waals surface area contributed by atoms with Gasteiger partial charge >= 0.3 is 0 Å². The van der Waals surface area contributed by atoms with E-state index in [-0.39, 0.29) is 5.75 Å². The normalized spacial score (nSPS) is 13.3. The molecule has 0 bridgehead atoms. The molecule has 0 amide bonds. The Morgan fingerprint density at radius 2 is 1.59 bits per heavy atom. The molecule has 0 aliphatic heterocycles. The molecule has 0 aliphatic carbocycles. The third kappa shape index (κ3) is 7.87. The standard InChI is InChI=1S/C22H32N4O2S/c1-19(26(3)18-20-10-6-4-7-11-20)14-15-24-22(23-2)25-16-17-29(27,28)21-12-8-5-9-13-21/h4-13,19H,14-18H2,1-3H3,(H2,23,24,25). The number of sulfone groups is 1. The van der Waals surface area contributed by atoms with Crippen LogP contribution in [0.1, 0.15) is 18.9 Å². The van der Waals surface area contributed by atoms with Gasteiger partial charge in [0.2, 0.25) is 0 Å². The van der Waals surface area contributed by atoms with Crippen LogP contribution in [0.4, 0.5) is 0 Å². The van der Waals surface area contributed by atoms with E-state index in [9.17, 15) is 8.42 Å². The van der Waals surface area contributed by atoms with Crippen molar-refractivity contribution in [3.8, 4) is 0 Å². The molecule has 29 heavy (non-hydrogen) atoms.